The van der Waals surface area contributed by atoms with Crippen LogP contribution in [-0.2, 0) is 13.0 Å². The summed E-state index contributed by atoms with van der Waals surface area (Å²) in [5.41, 5.74) is 5.79. The van der Waals surface area contributed by atoms with Gasteiger partial charge in [-0.2, -0.15) is 0 Å². The third-order valence-corrected chi connectivity index (χ3v) is 5.65. The van der Waals surface area contributed by atoms with Crippen LogP contribution in [0, 0.1) is 13.8 Å². The number of nitrogens with zero attached hydrogens (tertiary/aromatic N) is 2. The summed E-state index contributed by atoms with van der Waals surface area (Å²) in [5.74, 6) is 2.01. The van der Waals surface area contributed by atoms with Crippen molar-refractivity contribution in [3.05, 3.63) is 94.3 Å². The molecule has 0 radical (unpaired) electrons. The topological polar surface area (TPSA) is 27.1 Å². The molecule has 3 aromatic carbocycles. The van der Waals surface area contributed by atoms with Gasteiger partial charge in [-0.05, 0) is 73.7 Å². The van der Waals surface area contributed by atoms with Gasteiger partial charge in [0.25, 0.3) is 0 Å². The van der Waals surface area contributed by atoms with Gasteiger partial charge in [0.05, 0.1) is 17.6 Å². The van der Waals surface area contributed by atoms with Crippen molar-refractivity contribution < 1.29 is 4.74 Å². The number of unbranched alkanes of at least 4 members (excludes halogenated alkanes) is 1. The van der Waals surface area contributed by atoms with E-state index in [2.05, 4.69) is 60.9 Å². The summed E-state index contributed by atoms with van der Waals surface area (Å²) >= 11 is 6.40. The van der Waals surface area contributed by atoms with Crippen molar-refractivity contribution in [1.29, 1.82) is 0 Å². The number of para-hydroxylation sites is 2. The molecule has 0 aliphatic heterocycles. The molecule has 1 aromatic heterocycles. The van der Waals surface area contributed by atoms with Gasteiger partial charge < -0.3 is 9.30 Å². The molecule has 0 fully saturated rings. The van der Waals surface area contributed by atoms with Crippen LogP contribution in [0.4, 0.5) is 0 Å². The molecular weight excluding hydrogens is 392 g/mol. The molecule has 0 saturated heterocycles. The maximum Gasteiger partial charge on any atom is 0.119 e. The number of fused-ring (bicyclic) bond motifs is 1. The first kappa shape index (κ1) is 20.5. The molecule has 0 unspecified atom stereocenters. The summed E-state index contributed by atoms with van der Waals surface area (Å²) < 4.78 is 8.30. The molecule has 30 heavy (non-hydrogen) atoms. The van der Waals surface area contributed by atoms with Crippen LogP contribution < -0.4 is 4.74 Å². The Balaban J connectivity index is 1.43. The molecule has 154 valence electrons. The standard InChI is InChI=1S/C26H27ClN2O/c1-19-15-20(2)17-22(16-19)30-14-8-7-13-29-25-12-6-5-11-24(25)28-26(29)18-21-9-3-4-10-23(21)27/h3-6,9-12,15-17H,7-8,13-14,18H2,1-2H3. The van der Waals surface area contributed by atoms with Crippen molar-refractivity contribution in [2.24, 2.45) is 0 Å². The second kappa shape index (κ2) is 9.36. The molecule has 0 saturated carbocycles. The van der Waals surface area contributed by atoms with Gasteiger partial charge in [-0.1, -0.05) is 48.0 Å². The number of aromatic nitrogens is 2. The molecule has 0 atom stereocenters. The van der Waals surface area contributed by atoms with E-state index in [1.165, 1.54) is 16.6 Å². The molecule has 0 N–H and O–H groups in total. The van der Waals surface area contributed by atoms with Crippen molar-refractivity contribution in [3.63, 3.8) is 0 Å². The second-order valence-electron chi connectivity index (χ2n) is 7.82. The summed E-state index contributed by atoms with van der Waals surface area (Å²) in [7, 11) is 0. The highest BCUT2D eigenvalue weighted by Crippen LogP contribution is 2.23. The predicted molar refractivity (Wildman–Crippen MR) is 125 cm³/mol. The van der Waals surface area contributed by atoms with Crippen molar-refractivity contribution in [1.82, 2.24) is 9.55 Å². The number of hydrogen-bond acceptors (Lipinski definition) is 2. The molecular formula is C26H27ClN2O. The largest absolute Gasteiger partial charge is 0.494 e. The van der Waals surface area contributed by atoms with E-state index in [4.69, 9.17) is 21.3 Å². The Kier molecular flexibility index (Phi) is 6.39. The fourth-order valence-electron chi connectivity index (χ4n) is 3.90. The van der Waals surface area contributed by atoms with Gasteiger partial charge in [0.15, 0.2) is 0 Å². The molecule has 0 amide bonds. The highest BCUT2D eigenvalue weighted by atomic mass is 35.5. The third-order valence-electron chi connectivity index (χ3n) is 5.28. The second-order valence-corrected chi connectivity index (χ2v) is 8.22. The van der Waals surface area contributed by atoms with Crippen LogP contribution in [0.2, 0.25) is 5.02 Å². The van der Waals surface area contributed by atoms with E-state index < -0.39 is 0 Å². The van der Waals surface area contributed by atoms with Crippen LogP contribution >= 0.6 is 11.6 Å². The molecule has 4 rings (SSSR count). The molecule has 0 bridgehead atoms. The summed E-state index contributed by atoms with van der Waals surface area (Å²) in [4.78, 5) is 4.89. The van der Waals surface area contributed by atoms with Crippen LogP contribution in [-0.4, -0.2) is 16.2 Å². The van der Waals surface area contributed by atoms with Gasteiger partial charge in [0.2, 0.25) is 0 Å². The first-order valence-corrected chi connectivity index (χ1v) is 10.9. The number of rotatable bonds is 8. The normalized spacial score (nSPS) is 11.2. The lowest BCUT2D eigenvalue weighted by molar-refractivity contribution is 0.303. The minimum atomic E-state index is 0.718. The van der Waals surface area contributed by atoms with E-state index in [-0.39, 0.29) is 0 Å². The van der Waals surface area contributed by atoms with E-state index in [1.807, 2.05) is 24.3 Å². The van der Waals surface area contributed by atoms with Crippen molar-refractivity contribution >= 4 is 22.6 Å². The molecule has 4 aromatic rings. The molecule has 1 heterocycles. The fourth-order valence-corrected chi connectivity index (χ4v) is 4.10. The summed E-state index contributed by atoms with van der Waals surface area (Å²) in [6.45, 7) is 5.83. The Bertz CT molecular complexity index is 1130. The molecule has 3 nitrogen and oxygen atoms in total. The predicted octanol–water partition coefficient (Wildman–Crippen LogP) is 6.76. The number of halogens is 1. The summed E-state index contributed by atoms with van der Waals surface area (Å²) in [5, 5.41) is 0.790. The minimum absolute atomic E-state index is 0.718. The van der Waals surface area contributed by atoms with E-state index >= 15 is 0 Å². The Labute approximate surface area is 183 Å². The Morgan fingerprint density at radius 1 is 0.900 bits per heavy atom. The highest BCUT2D eigenvalue weighted by Gasteiger charge is 2.12. The minimum Gasteiger partial charge on any atom is -0.494 e. The lowest BCUT2D eigenvalue weighted by Crippen LogP contribution is -2.07. The van der Waals surface area contributed by atoms with Crippen LogP contribution in [0.3, 0.4) is 0 Å². The number of hydrogen-bond donors (Lipinski definition) is 0. The lowest BCUT2D eigenvalue weighted by atomic mass is 10.1. The van der Waals surface area contributed by atoms with Crippen LogP contribution in [0.1, 0.15) is 35.4 Å². The number of benzene rings is 3. The maximum atomic E-state index is 6.40. The number of aryl methyl sites for hydroxylation is 3. The number of ether oxygens (including phenoxy) is 1. The first-order valence-electron chi connectivity index (χ1n) is 10.5. The zero-order chi connectivity index (χ0) is 20.9. The SMILES string of the molecule is Cc1cc(C)cc(OCCCCn2c(Cc3ccccc3Cl)nc3ccccc32)c1. The van der Waals surface area contributed by atoms with Gasteiger partial charge >= 0.3 is 0 Å². The van der Waals surface area contributed by atoms with Gasteiger partial charge in [0, 0.05) is 18.0 Å². The van der Waals surface area contributed by atoms with Gasteiger partial charge in [-0.25, -0.2) is 4.98 Å². The molecule has 4 heteroatoms. The van der Waals surface area contributed by atoms with E-state index in [0.717, 1.165) is 60.1 Å². The fraction of sp³-hybridized carbons (Fsp3) is 0.269. The maximum absolute atomic E-state index is 6.40. The third kappa shape index (κ3) is 4.85. The summed E-state index contributed by atoms with van der Waals surface area (Å²) in [6.07, 6.45) is 2.75. The molecule has 0 spiro atoms. The van der Waals surface area contributed by atoms with Crippen LogP contribution in [0.5, 0.6) is 5.75 Å². The highest BCUT2D eigenvalue weighted by molar-refractivity contribution is 6.31. The average molecular weight is 419 g/mol. The Hall–Kier alpha value is -2.78. The zero-order valence-electron chi connectivity index (χ0n) is 17.6. The first-order chi connectivity index (χ1) is 14.6. The average Bonchev–Trinajstić information content (AvgIpc) is 3.06. The number of imidazole rings is 1. The van der Waals surface area contributed by atoms with Crippen molar-refractivity contribution in [2.45, 2.75) is 39.7 Å². The van der Waals surface area contributed by atoms with E-state index in [0.29, 0.717) is 0 Å². The zero-order valence-corrected chi connectivity index (χ0v) is 18.3. The van der Waals surface area contributed by atoms with Crippen molar-refractivity contribution in [3.8, 4) is 5.75 Å². The van der Waals surface area contributed by atoms with Crippen molar-refractivity contribution in [2.75, 3.05) is 6.61 Å². The quantitative estimate of drug-likeness (QED) is 0.296. The Morgan fingerprint density at radius 3 is 2.43 bits per heavy atom. The van der Waals surface area contributed by atoms with Gasteiger partial charge in [0.1, 0.15) is 11.6 Å². The molecule has 0 aliphatic carbocycles. The van der Waals surface area contributed by atoms with Crippen LogP contribution in [0.15, 0.2) is 66.7 Å². The van der Waals surface area contributed by atoms with E-state index in [1.54, 1.807) is 0 Å². The van der Waals surface area contributed by atoms with E-state index in [9.17, 15) is 0 Å². The van der Waals surface area contributed by atoms with Crippen LogP contribution in [0.25, 0.3) is 11.0 Å². The molecule has 0 aliphatic rings. The van der Waals surface area contributed by atoms with Gasteiger partial charge in [-0.3, -0.25) is 0 Å². The Morgan fingerprint density at radius 2 is 1.63 bits per heavy atom. The lowest BCUT2D eigenvalue weighted by Gasteiger charge is -2.11. The monoisotopic (exact) mass is 418 g/mol. The smallest absolute Gasteiger partial charge is 0.119 e. The summed E-state index contributed by atoms with van der Waals surface area (Å²) in [6, 6.07) is 22.7. The van der Waals surface area contributed by atoms with Gasteiger partial charge in [-0.15, -0.1) is 0 Å².